The second kappa shape index (κ2) is 11.9. The molecule has 0 unspecified atom stereocenters. The van der Waals surface area contributed by atoms with Crippen LogP contribution in [0.3, 0.4) is 0 Å². The minimum Gasteiger partial charge on any atom is -0.508 e. The first-order valence-electron chi connectivity index (χ1n) is 9.53. The summed E-state index contributed by atoms with van der Waals surface area (Å²) in [6, 6.07) is 12.5. The Labute approximate surface area is 206 Å². The molecule has 9 heteroatoms. The van der Waals surface area contributed by atoms with Gasteiger partial charge in [-0.25, -0.2) is 4.79 Å². The number of thioether (sulfide) groups is 1. The molecule has 0 radical (unpaired) electrons. The van der Waals surface area contributed by atoms with Crippen LogP contribution in [0.2, 0.25) is 0 Å². The van der Waals surface area contributed by atoms with Crippen LogP contribution >= 0.6 is 47.0 Å². The molecule has 0 spiro atoms. The third kappa shape index (κ3) is 7.80. The summed E-state index contributed by atoms with van der Waals surface area (Å²) in [5.41, 5.74) is 0.456. The van der Waals surface area contributed by atoms with Crippen molar-refractivity contribution in [2.45, 2.75) is 31.3 Å². The van der Waals surface area contributed by atoms with Crippen LogP contribution in [0.25, 0.3) is 0 Å². The quantitative estimate of drug-likeness (QED) is 0.150. The van der Waals surface area contributed by atoms with Gasteiger partial charge in [0, 0.05) is 25.1 Å². The first-order valence-corrected chi connectivity index (χ1v) is 12.5. The number of thiol groups is 1. The maximum Gasteiger partial charge on any atom is 0.412 e. The van der Waals surface area contributed by atoms with E-state index in [0.717, 1.165) is 8.47 Å². The van der Waals surface area contributed by atoms with E-state index in [2.05, 4.69) is 40.5 Å². The van der Waals surface area contributed by atoms with Crippen LogP contribution in [0.1, 0.15) is 31.9 Å². The summed E-state index contributed by atoms with van der Waals surface area (Å²) in [7, 11) is 0. The SMILES string of the molecule is CSc1ccc(NC(=O)O[C@H](c2cc(I)ccc2O)C(C)(C)CCOC(=O)CS)cc1. The minimum absolute atomic E-state index is 0.00421. The summed E-state index contributed by atoms with van der Waals surface area (Å²) in [6.45, 7) is 3.94. The van der Waals surface area contributed by atoms with Crippen molar-refractivity contribution in [1.29, 1.82) is 0 Å². The molecule has 0 heterocycles. The number of esters is 1. The molecule has 2 aromatic rings. The number of aromatic hydroxyl groups is 1. The van der Waals surface area contributed by atoms with Crippen LogP contribution in [0, 0.1) is 8.99 Å². The highest BCUT2D eigenvalue weighted by molar-refractivity contribution is 14.1. The Bertz CT molecular complexity index is 905. The van der Waals surface area contributed by atoms with Gasteiger partial charge in [-0.1, -0.05) is 13.8 Å². The second-order valence-corrected chi connectivity index (χ2v) is 9.90. The van der Waals surface area contributed by atoms with Gasteiger partial charge in [0.1, 0.15) is 11.9 Å². The molecule has 0 saturated carbocycles. The van der Waals surface area contributed by atoms with Crippen LogP contribution < -0.4 is 5.32 Å². The van der Waals surface area contributed by atoms with E-state index in [0.29, 0.717) is 17.7 Å². The molecular weight excluding hydrogens is 549 g/mol. The maximum absolute atomic E-state index is 12.7. The fraction of sp³-hybridized carbons (Fsp3) is 0.364. The summed E-state index contributed by atoms with van der Waals surface area (Å²) < 4.78 is 11.9. The van der Waals surface area contributed by atoms with Crippen molar-refractivity contribution in [3.05, 3.63) is 51.6 Å². The molecule has 2 N–H and O–H groups in total. The molecule has 2 aromatic carbocycles. The second-order valence-electron chi connectivity index (χ2n) is 7.46. The zero-order valence-electron chi connectivity index (χ0n) is 17.6. The van der Waals surface area contributed by atoms with Crippen LogP contribution in [0.5, 0.6) is 5.75 Å². The van der Waals surface area contributed by atoms with E-state index in [-0.39, 0.29) is 18.1 Å². The smallest absolute Gasteiger partial charge is 0.412 e. The van der Waals surface area contributed by atoms with Crippen LogP contribution in [0.4, 0.5) is 10.5 Å². The molecule has 6 nitrogen and oxygen atoms in total. The number of phenols is 1. The van der Waals surface area contributed by atoms with Crippen molar-refractivity contribution in [2.75, 3.05) is 23.9 Å². The number of rotatable bonds is 9. The van der Waals surface area contributed by atoms with Gasteiger partial charge < -0.3 is 14.6 Å². The van der Waals surface area contributed by atoms with Crippen molar-refractivity contribution in [2.24, 2.45) is 5.41 Å². The third-order valence-corrected chi connectivity index (χ3v) is 6.35. The molecule has 1 amide bonds. The number of hydrogen-bond acceptors (Lipinski definition) is 7. The molecule has 0 saturated heterocycles. The number of ether oxygens (including phenoxy) is 2. The summed E-state index contributed by atoms with van der Waals surface area (Å²) in [4.78, 5) is 25.2. The lowest BCUT2D eigenvalue weighted by Gasteiger charge is -2.34. The van der Waals surface area contributed by atoms with Crippen molar-refractivity contribution in [1.82, 2.24) is 0 Å². The largest absolute Gasteiger partial charge is 0.508 e. The summed E-state index contributed by atoms with van der Waals surface area (Å²) in [5, 5.41) is 13.2. The predicted octanol–water partition coefficient (Wildman–Crippen LogP) is 5.90. The van der Waals surface area contributed by atoms with Gasteiger partial charge >= 0.3 is 12.1 Å². The molecule has 31 heavy (non-hydrogen) atoms. The number of phenolic OH excluding ortho intramolecular Hbond substituents is 1. The van der Waals surface area contributed by atoms with Gasteiger partial charge in [-0.05, 0) is 77.7 Å². The third-order valence-electron chi connectivity index (χ3n) is 4.68. The van der Waals surface area contributed by atoms with E-state index in [9.17, 15) is 14.7 Å². The zero-order valence-corrected chi connectivity index (χ0v) is 21.4. The summed E-state index contributed by atoms with van der Waals surface area (Å²) in [6.07, 6.45) is 0.977. The van der Waals surface area contributed by atoms with E-state index in [4.69, 9.17) is 9.47 Å². The van der Waals surface area contributed by atoms with Crippen LogP contribution in [-0.2, 0) is 14.3 Å². The van der Waals surface area contributed by atoms with Crippen LogP contribution in [-0.4, -0.2) is 35.8 Å². The Hall–Kier alpha value is -1.59. The number of amides is 1. The molecule has 0 aliphatic carbocycles. The minimum atomic E-state index is -0.776. The molecule has 0 aliphatic heterocycles. The highest BCUT2D eigenvalue weighted by Gasteiger charge is 2.36. The van der Waals surface area contributed by atoms with E-state index < -0.39 is 23.6 Å². The summed E-state index contributed by atoms with van der Waals surface area (Å²) >= 11 is 7.65. The Morgan fingerprint density at radius 2 is 1.90 bits per heavy atom. The number of hydrogen-bond donors (Lipinski definition) is 3. The number of carbonyl (C=O) groups is 2. The van der Waals surface area contributed by atoms with Crippen molar-refractivity contribution in [3.63, 3.8) is 0 Å². The molecule has 168 valence electrons. The molecule has 2 rings (SSSR count). The average molecular weight is 575 g/mol. The monoisotopic (exact) mass is 575 g/mol. The molecule has 0 bridgehead atoms. The van der Waals surface area contributed by atoms with E-state index in [1.165, 1.54) is 0 Å². The van der Waals surface area contributed by atoms with Gasteiger partial charge in [0.25, 0.3) is 0 Å². The Balaban J connectivity index is 2.22. The molecule has 0 aliphatic rings. The predicted molar refractivity (Wildman–Crippen MR) is 135 cm³/mol. The lowest BCUT2D eigenvalue weighted by atomic mass is 9.79. The number of anilines is 1. The lowest BCUT2D eigenvalue weighted by Crippen LogP contribution is -2.30. The molecule has 0 aromatic heterocycles. The van der Waals surface area contributed by atoms with Crippen LogP contribution in [0.15, 0.2) is 47.4 Å². The van der Waals surface area contributed by atoms with E-state index in [1.807, 2.05) is 32.2 Å². The van der Waals surface area contributed by atoms with Gasteiger partial charge in [-0.15, -0.1) is 11.8 Å². The highest BCUT2D eigenvalue weighted by atomic mass is 127. The first kappa shape index (κ1) is 25.7. The number of benzene rings is 2. The number of halogens is 1. The van der Waals surface area contributed by atoms with E-state index >= 15 is 0 Å². The number of nitrogens with one attached hydrogen (secondary N) is 1. The van der Waals surface area contributed by atoms with Gasteiger partial charge in [0.2, 0.25) is 0 Å². The fourth-order valence-electron chi connectivity index (χ4n) is 2.91. The highest BCUT2D eigenvalue weighted by Crippen LogP contribution is 2.43. The molecule has 0 fully saturated rings. The summed E-state index contributed by atoms with van der Waals surface area (Å²) in [5.74, 6) is -0.390. The number of carbonyl (C=O) groups excluding carboxylic acids is 2. The zero-order chi connectivity index (χ0) is 23.0. The first-order chi connectivity index (χ1) is 14.7. The fourth-order valence-corrected chi connectivity index (χ4v) is 3.93. The van der Waals surface area contributed by atoms with Gasteiger partial charge in [0.05, 0.1) is 12.4 Å². The van der Waals surface area contributed by atoms with Gasteiger partial charge in [-0.3, -0.25) is 10.1 Å². The van der Waals surface area contributed by atoms with Crippen molar-refractivity contribution >= 4 is 64.7 Å². The van der Waals surface area contributed by atoms with E-state index in [1.54, 1.807) is 42.1 Å². The van der Waals surface area contributed by atoms with Gasteiger partial charge in [0.15, 0.2) is 0 Å². The Morgan fingerprint density at radius 1 is 1.23 bits per heavy atom. The normalized spacial score (nSPS) is 12.2. The topological polar surface area (TPSA) is 84.9 Å². The standard InChI is InChI=1S/C22H26INO5S2/c1-22(2,10-11-28-19(26)13-30)20(17-12-14(23)4-9-18(17)25)29-21(27)24-15-5-7-16(31-3)8-6-15/h4-9,12,20,25,30H,10-11,13H2,1-3H3,(H,24,27)/t20-/m1/s1. The Kier molecular flexibility index (Phi) is 9.83. The van der Waals surface area contributed by atoms with Gasteiger partial charge in [-0.2, -0.15) is 12.6 Å². The average Bonchev–Trinajstić information content (AvgIpc) is 2.74. The molecular formula is C22H26INO5S2. The maximum atomic E-state index is 12.7. The Morgan fingerprint density at radius 3 is 2.52 bits per heavy atom. The van der Waals surface area contributed by atoms with Crippen molar-refractivity contribution in [3.8, 4) is 5.75 Å². The molecule has 1 atom stereocenters. The van der Waals surface area contributed by atoms with Crippen molar-refractivity contribution < 1.29 is 24.2 Å². The lowest BCUT2D eigenvalue weighted by molar-refractivity contribution is -0.141.